The van der Waals surface area contributed by atoms with Gasteiger partial charge >= 0.3 is 6.03 Å². The number of carbonyl (C=O) groups is 3. The molecule has 0 saturated carbocycles. The minimum atomic E-state index is -0.723. The molecule has 1 aliphatic rings. The van der Waals surface area contributed by atoms with E-state index in [9.17, 15) is 19.5 Å². The predicted molar refractivity (Wildman–Crippen MR) is 74.5 cm³/mol. The molecule has 0 spiro atoms. The molecule has 1 fully saturated rings. The van der Waals surface area contributed by atoms with E-state index in [4.69, 9.17) is 4.74 Å². The van der Waals surface area contributed by atoms with Gasteiger partial charge in [0.1, 0.15) is 6.54 Å². The van der Waals surface area contributed by atoms with E-state index in [0.29, 0.717) is 6.42 Å². The fourth-order valence-electron chi connectivity index (χ4n) is 2.13. The van der Waals surface area contributed by atoms with Gasteiger partial charge in [0.2, 0.25) is 11.8 Å². The van der Waals surface area contributed by atoms with Crippen LogP contribution in [0.15, 0.2) is 0 Å². The van der Waals surface area contributed by atoms with Gasteiger partial charge in [-0.05, 0) is 6.42 Å². The van der Waals surface area contributed by atoms with Crippen LogP contribution in [0.1, 0.15) is 12.8 Å². The summed E-state index contributed by atoms with van der Waals surface area (Å²) >= 11 is 0. The van der Waals surface area contributed by atoms with Crippen molar-refractivity contribution >= 4 is 17.8 Å². The second-order valence-corrected chi connectivity index (χ2v) is 5.17. The molecule has 21 heavy (non-hydrogen) atoms. The number of rotatable bonds is 8. The number of urea groups is 1. The minimum Gasteiger partial charge on any atom is -0.389 e. The van der Waals surface area contributed by atoms with Crippen LogP contribution in [0.4, 0.5) is 4.79 Å². The zero-order valence-corrected chi connectivity index (χ0v) is 12.7. The van der Waals surface area contributed by atoms with Crippen LogP contribution in [0, 0.1) is 0 Å². The Morgan fingerprint density at radius 2 is 2.14 bits per heavy atom. The maximum absolute atomic E-state index is 11.9. The Hall–Kier alpha value is -1.67. The fourth-order valence-corrected chi connectivity index (χ4v) is 2.13. The summed E-state index contributed by atoms with van der Waals surface area (Å²) in [5.74, 6) is -0.378. The molecule has 8 nitrogen and oxygen atoms in total. The normalized spacial score (nSPS) is 16.6. The van der Waals surface area contributed by atoms with Crippen LogP contribution in [0.3, 0.4) is 0 Å². The highest BCUT2D eigenvalue weighted by molar-refractivity contribution is 6.01. The third-order valence-corrected chi connectivity index (χ3v) is 3.27. The van der Waals surface area contributed by atoms with Crippen LogP contribution in [-0.2, 0) is 14.3 Å². The Balaban J connectivity index is 2.30. The molecule has 1 rings (SSSR count). The molecule has 1 unspecified atom stereocenters. The maximum Gasteiger partial charge on any atom is 0.326 e. The topological polar surface area (TPSA) is 90.4 Å². The van der Waals surface area contributed by atoms with Crippen molar-refractivity contribution in [2.45, 2.75) is 18.9 Å². The van der Waals surface area contributed by atoms with Gasteiger partial charge in [0.15, 0.2) is 0 Å². The molecule has 0 aromatic heterocycles. The highest BCUT2D eigenvalue weighted by atomic mass is 16.5. The quantitative estimate of drug-likeness (QED) is 0.588. The lowest BCUT2D eigenvalue weighted by atomic mass is 10.2. The Bertz CT molecular complexity index is 401. The average Bonchev–Trinajstić information content (AvgIpc) is 2.65. The molecular formula is C13H23N3O5. The lowest BCUT2D eigenvalue weighted by molar-refractivity contribution is -0.132. The third kappa shape index (κ3) is 4.98. The number of nitrogens with zero attached hydrogens (tertiary/aromatic N) is 3. The number of ether oxygens (including phenoxy) is 1. The number of amides is 4. The molecular weight excluding hydrogens is 278 g/mol. The van der Waals surface area contributed by atoms with Gasteiger partial charge in [0.25, 0.3) is 0 Å². The van der Waals surface area contributed by atoms with Crippen molar-refractivity contribution in [3.8, 4) is 0 Å². The fraction of sp³-hybridized carbons (Fsp3) is 0.769. The molecule has 4 amide bonds. The molecule has 8 heteroatoms. The van der Waals surface area contributed by atoms with E-state index in [1.807, 2.05) is 0 Å². The average molecular weight is 301 g/mol. The van der Waals surface area contributed by atoms with Crippen molar-refractivity contribution in [1.82, 2.24) is 14.7 Å². The Kier molecular flexibility index (Phi) is 6.57. The molecule has 1 N–H and O–H groups in total. The Morgan fingerprint density at radius 3 is 2.67 bits per heavy atom. The van der Waals surface area contributed by atoms with E-state index in [2.05, 4.69) is 0 Å². The lowest BCUT2D eigenvalue weighted by Gasteiger charge is -2.21. The minimum absolute atomic E-state index is 0.0931. The van der Waals surface area contributed by atoms with Gasteiger partial charge in [-0.1, -0.05) is 0 Å². The van der Waals surface area contributed by atoms with E-state index in [1.54, 1.807) is 14.1 Å². The summed E-state index contributed by atoms with van der Waals surface area (Å²) in [7, 11) is 4.64. The number of carbonyl (C=O) groups excluding carboxylic acids is 3. The van der Waals surface area contributed by atoms with Gasteiger partial charge in [-0.15, -0.1) is 0 Å². The monoisotopic (exact) mass is 301 g/mol. The highest BCUT2D eigenvalue weighted by Gasteiger charge is 2.32. The Morgan fingerprint density at radius 1 is 1.48 bits per heavy atom. The number of methoxy groups -OCH3 is 1. The van der Waals surface area contributed by atoms with E-state index < -0.39 is 6.10 Å². The third-order valence-electron chi connectivity index (χ3n) is 3.27. The molecule has 1 aliphatic heterocycles. The van der Waals surface area contributed by atoms with Crippen molar-refractivity contribution in [1.29, 1.82) is 0 Å². The highest BCUT2D eigenvalue weighted by Crippen LogP contribution is 2.09. The summed E-state index contributed by atoms with van der Waals surface area (Å²) < 4.78 is 4.79. The van der Waals surface area contributed by atoms with Crippen molar-refractivity contribution in [2.24, 2.45) is 0 Å². The summed E-state index contributed by atoms with van der Waals surface area (Å²) in [6.45, 7) is 0.690. The summed E-state index contributed by atoms with van der Waals surface area (Å²) in [5, 5.41) is 9.54. The zero-order chi connectivity index (χ0) is 16.0. The van der Waals surface area contributed by atoms with Crippen LogP contribution >= 0.6 is 0 Å². The second kappa shape index (κ2) is 7.94. The van der Waals surface area contributed by atoms with Gasteiger partial charge in [-0.2, -0.15) is 0 Å². The van der Waals surface area contributed by atoms with Gasteiger partial charge in [-0.25, -0.2) is 4.79 Å². The summed E-state index contributed by atoms with van der Waals surface area (Å²) in [5.41, 5.74) is 0. The van der Waals surface area contributed by atoms with E-state index in [0.717, 1.165) is 4.90 Å². The smallest absolute Gasteiger partial charge is 0.326 e. The first-order valence-electron chi connectivity index (χ1n) is 6.83. The zero-order valence-electron chi connectivity index (χ0n) is 12.7. The molecule has 0 aromatic rings. The van der Waals surface area contributed by atoms with Crippen LogP contribution in [0.2, 0.25) is 0 Å². The molecule has 1 saturated heterocycles. The number of hydrogen-bond donors (Lipinski definition) is 1. The molecule has 120 valence electrons. The molecule has 0 aliphatic carbocycles. The first-order chi connectivity index (χ1) is 9.86. The molecule has 1 heterocycles. The first kappa shape index (κ1) is 17.4. The van der Waals surface area contributed by atoms with Gasteiger partial charge in [0, 0.05) is 40.7 Å². The Labute approximate surface area is 124 Å². The standard InChI is InChI=1S/C13H23N3O5/c1-14(7-10(17)9-21-3)11(18)5-4-6-16-12(19)8-15(2)13(16)20/h10,17H,4-9H2,1-3H3. The first-order valence-corrected chi connectivity index (χ1v) is 6.83. The lowest BCUT2D eigenvalue weighted by Crippen LogP contribution is -2.37. The molecule has 0 aromatic carbocycles. The van der Waals surface area contributed by atoms with E-state index in [1.165, 1.54) is 16.9 Å². The number of hydrogen-bond acceptors (Lipinski definition) is 5. The molecule has 0 bridgehead atoms. The maximum atomic E-state index is 11.9. The molecule has 0 radical (unpaired) electrons. The van der Waals surface area contributed by atoms with Crippen LogP contribution in [-0.4, -0.2) is 91.2 Å². The van der Waals surface area contributed by atoms with Crippen molar-refractivity contribution < 1.29 is 24.2 Å². The van der Waals surface area contributed by atoms with Gasteiger partial charge < -0.3 is 19.6 Å². The number of likely N-dealkylation sites (N-methyl/N-ethyl adjacent to an activating group) is 2. The summed E-state index contributed by atoms with van der Waals surface area (Å²) in [6, 6.07) is -0.323. The number of aliphatic hydroxyl groups is 1. The van der Waals surface area contributed by atoms with E-state index >= 15 is 0 Å². The van der Waals surface area contributed by atoms with Crippen molar-refractivity contribution in [2.75, 3.05) is 47.4 Å². The van der Waals surface area contributed by atoms with Crippen LogP contribution in [0.5, 0.6) is 0 Å². The molecule has 1 atom stereocenters. The van der Waals surface area contributed by atoms with Crippen LogP contribution < -0.4 is 0 Å². The van der Waals surface area contributed by atoms with Crippen molar-refractivity contribution in [3.63, 3.8) is 0 Å². The predicted octanol–water partition coefficient (Wildman–Crippen LogP) is -0.874. The van der Waals surface area contributed by atoms with Crippen LogP contribution in [0.25, 0.3) is 0 Å². The van der Waals surface area contributed by atoms with Crippen molar-refractivity contribution in [3.05, 3.63) is 0 Å². The number of imide groups is 1. The van der Waals surface area contributed by atoms with Gasteiger partial charge in [-0.3, -0.25) is 14.5 Å². The summed E-state index contributed by atoms with van der Waals surface area (Å²) in [4.78, 5) is 39.0. The van der Waals surface area contributed by atoms with Gasteiger partial charge in [0.05, 0.1) is 12.7 Å². The summed E-state index contributed by atoms with van der Waals surface area (Å²) in [6.07, 6.45) is -0.0920. The largest absolute Gasteiger partial charge is 0.389 e. The number of aliphatic hydroxyl groups excluding tert-OH is 1. The second-order valence-electron chi connectivity index (χ2n) is 5.17. The SMILES string of the molecule is COCC(O)CN(C)C(=O)CCCN1C(=O)CN(C)C1=O. The van der Waals surface area contributed by atoms with E-state index in [-0.39, 0.29) is 50.5 Å².